The number of likely N-dealkylation sites (N-methyl/N-ethyl adjacent to an activating group) is 1. The number of nitrogens with zero attached hydrogens (tertiary/aromatic N) is 7. The van der Waals surface area contributed by atoms with E-state index in [1.807, 2.05) is 48.6 Å². The minimum absolute atomic E-state index is 0.151. The van der Waals surface area contributed by atoms with Crippen LogP contribution in [-0.2, 0) is 17.8 Å². The van der Waals surface area contributed by atoms with E-state index in [0.29, 0.717) is 31.6 Å². The Morgan fingerprint density at radius 1 is 1.08 bits per heavy atom. The summed E-state index contributed by atoms with van der Waals surface area (Å²) in [6.45, 7) is 1.72. The molecule has 1 aliphatic carbocycles. The molecule has 1 fully saturated rings. The van der Waals surface area contributed by atoms with Gasteiger partial charge in [0, 0.05) is 54.4 Å². The maximum absolute atomic E-state index is 12.5. The number of hydrogen-bond donors (Lipinski definition) is 1. The van der Waals surface area contributed by atoms with Crippen LogP contribution in [0, 0.1) is 0 Å². The predicted molar refractivity (Wildman–Crippen MR) is 140 cm³/mol. The average molecular weight is 485 g/mol. The lowest BCUT2D eigenvalue weighted by Crippen LogP contribution is -2.41. The molecule has 5 heterocycles. The van der Waals surface area contributed by atoms with Crippen LogP contribution in [-0.4, -0.2) is 67.4 Å². The molecule has 0 radical (unpaired) electrons. The molecule has 9 heteroatoms. The van der Waals surface area contributed by atoms with Crippen molar-refractivity contribution in [2.24, 2.45) is 0 Å². The van der Waals surface area contributed by atoms with Crippen LogP contribution in [0.3, 0.4) is 0 Å². The van der Waals surface area contributed by atoms with Gasteiger partial charge in [0.2, 0.25) is 11.9 Å². The van der Waals surface area contributed by atoms with Crippen LogP contribution in [0.15, 0.2) is 36.8 Å². The number of hydrogen-bond acceptors (Lipinski definition) is 7. The van der Waals surface area contributed by atoms with E-state index in [9.17, 15) is 4.79 Å². The zero-order valence-corrected chi connectivity index (χ0v) is 20.9. The van der Waals surface area contributed by atoms with Crippen LogP contribution in [0.25, 0.3) is 21.9 Å². The molecular weight excluding hydrogens is 452 g/mol. The number of pyridine rings is 2. The first-order valence-corrected chi connectivity index (χ1v) is 12.9. The molecule has 186 valence electrons. The van der Waals surface area contributed by atoms with Crippen molar-refractivity contribution in [3.05, 3.63) is 48.0 Å². The Morgan fingerprint density at radius 2 is 1.94 bits per heavy atom. The van der Waals surface area contributed by atoms with Gasteiger partial charge < -0.3 is 19.7 Å². The Hall–Kier alpha value is -3.59. The lowest BCUT2D eigenvalue weighted by atomic mass is 9.95. The summed E-state index contributed by atoms with van der Waals surface area (Å²) in [5.41, 5.74) is 4.21. The van der Waals surface area contributed by atoms with Gasteiger partial charge in [0.25, 0.3) is 0 Å². The highest BCUT2D eigenvalue weighted by atomic mass is 16.2. The first-order valence-electron chi connectivity index (χ1n) is 12.9. The summed E-state index contributed by atoms with van der Waals surface area (Å²) in [7, 11) is 3.83. The summed E-state index contributed by atoms with van der Waals surface area (Å²) >= 11 is 0. The summed E-state index contributed by atoms with van der Waals surface area (Å²) < 4.78 is 2.38. The van der Waals surface area contributed by atoms with Gasteiger partial charge in [-0.05, 0) is 44.6 Å². The summed E-state index contributed by atoms with van der Waals surface area (Å²) in [5, 5.41) is 5.54. The normalized spacial score (nSPS) is 16.6. The van der Waals surface area contributed by atoms with E-state index in [1.54, 1.807) is 0 Å². The molecule has 36 heavy (non-hydrogen) atoms. The van der Waals surface area contributed by atoms with Gasteiger partial charge >= 0.3 is 0 Å². The van der Waals surface area contributed by atoms with E-state index >= 15 is 0 Å². The van der Waals surface area contributed by atoms with Gasteiger partial charge in [-0.15, -0.1) is 0 Å². The van der Waals surface area contributed by atoms with Crippen LogP contribution < -0.4 is 5.32 Å². The smallest absolute Gasteiger partial charge is 0.237 e. The number of amides is 1. The van der Waals surface area contributed by atoms with E-state index in [-0.39, 0.29) is 5.91 Å². The molecule has 9 nitrogen and oxygen atoms in total. The standard InChI is InChI=1S/C27H32N8O/c1-33(2)17-25(36)34-13-11-22-18(16-34)8-9-24(30-22)31-27-29-14-21-20-10-12-28-15-23(20)35(26(21)32-27)19-6-4-3-5-7-19/h8-10,12,14-15,19H,3-7,11,13,16-17H2,1-2H3,(H,29,30,31,32). The maximum atomic E-state index is 12.5. The van der Waals surface area contributed by atoms with E-state index in [2.05, 4.69) is 32.0 Å². The van der Waals surface area contributed by atoms with E-state index in [1.165, 1.54) is 32.1 Å². The van der Waals surface area contributed by atoms with Crippen LogP contribution in [0.4, 0.5) is 11.8 Å². The van der Waals surface area contributed by atoms with Gasteiger partial charge in [-0.2, -0.15) is 4.98 Å². The number of carbonyl (C=O) groups is 1. The highest BCUT2D eigenvalue weighted by molar-refractivity contribution is 6.06. The van der Waals surface area contributed by atoms with Gasteiger partial charge in [0.05, 0.1) is 18.3 Å². The average Bonchev–Trinajstić information content (AvgIpc) is 3.22. The SMILES string of the molecule is CN(C)CC(=O)N1CCc2nc(Nc3ncc4c5ccncc5n(C5CCCCC5)c4n3)ccc2C1. The molecule has 0 atom stereocenters. The lowest BCUT2D eigenvalue weighted by molar-refractivity contribution is -0.132. The van der Waals surface area contributed by atoms with Crippen molar-refractivity contribution in [1.82, 2.24) is 34.3 Å². The van der Waals surface area contributed by atoms with Crippen molar-refractivity contribution >= 4 is 39.6 Å². The molecule has 0 unspecified atom stereocenters. The van der Waals surface area contributed by atoms with E-state index in [4.69, 9.17) is 9.97 Å². The van der Waals surface area contributed by atoms with Crippen molar-refractivity contribution in [2.45, 2.75) is 51.1 Å². The molecule has 4 aromatic rings. The van der Waals surface area contributed by atoms with Crippen molar-refractivity contribution in [3.63, 3.8) is 0 Å². The fourth-order valence-corrected chi connectivity index (χ4v) is 5.62. The summed E-state index contributed by atoms with van der Waals surface area (Å²) in [4.78, 5) is 35.1. The predicted octanol–water partition coefficient (Wildman–Crippen LogP) is 4.07. The Kier molecular flexibility index (Phi) is 6.00. The molecule has 2 aliphatic rings. The third-order valence-corrected chi connectivity index (χ3v) is 7.38. The third-order valence-electron chi connectivity index (χ3n) is 7.38. The first-order chi connectivity index (χ1) is 17.6. The van der Waals surface area contributed by atoms with E-state index in [0.717, 1.165) is 45.4 Å². The molecule has 0 saturated heterocycles. The number of rotatable bonds is 5. The van der Waals surface area contributed by atoms with Crippen LogP contribution >= 0.6 is 0 Å². The second-order valence-corrected chi connectivity index (χ2v) is 10.2. The fraction of sp³-hybridized carbons (Fsp3) is 0.444. The summed E-state index contributed by atoms with van der Waals surface area (Å²) in [5.74, 6) is 1.42. The monoisotopic (exact) mass is 484 g/mol. The summed E-state index contributed by atoms with van der Waals surface area (Å²) in [6, 6.07) is 6.51. The van der Waals surface area contributed by atoms with Crippen molar-refractivity contribution in [1.29, 1.82) is 0 Å². The number of nitrogens with one attached hydrogen (secondary N) is 1. The number of anilines is 2. The maximum Gasteiger partial charge on any atom is 0.237 e. The highest BCUT2D eigenvalue weighted by Crippen LogP contribution is 2.36. The highest BCUT2D eigenvalue weighted by Gasteiger charge is 2.24. The van der Waals surface area contributed by atoms with Crippen LogP contribution in [0.1, 0.15) is 49.4 Å². The van der Waals surface area contributed by atoms with Gasteiger partial charge in [-0.1, -0.05) is 25.3 Å². The van der Waals surface area contributed by atoms with Crippen molar-refractivity contribution in [2.75, 3.05) is 32.5 Å². The molecule has 0 bridgehead atoms. The number of aromatic nitrogens is 5. The quantitative estimate of drug-likeness (QED) is 0.456. The second-order valence-electron chi connectivity index (χ2n) is 10.2. The van der Waals surface area contributed by atoms with E-state index < -0.39 is 0 Å². The number of fused-ring (bicyclic) bond motifs is 4. The van der Waals surface area contributed by atoms with Crippen molar-refractivity contribution < 1.29 is 4.79 Å². The Labute approximate surface area is 210 Å². The largest absolute Gasteiger partial charge is 0.337 e. The molecular formula is C27H32N8O. The molecule has 0 aromatic carbocycles. The minimum atomic E-state index is 0.151. The second kappa shape index (κ2) is 9.46. The van der Waals surface area contributed by atoms with Crippen LogP contribution in [0.5, 0.6) is 0 Å². The Bertz CT molecular complexity index is 1420. The zero-order chi connectivity index (χ0) is 24.6. The third kappa shape index (κ3) is 4.28. The molecule has 1 saturated carbocycles. The van der Waals surface area contributed by atoms with Gasteiger partial charge in [-0.3, -0.25) is 9.78 Å². The zero-order valence-electron chi connectivity index (χ0n) is 20.9. The molecule has 4 aromatic heterocycles. The van der Waals surface area contributed by atoms with Crippen LogP contribution in [0.2, 0.25) is 0 Å². The van der Waals surface area contributed by atoms with Gasteiger partial charge in [-0.25, -0.2) is 9.97 Å². The Morgan fingerprint density at radius 3 is 2.78 bits per heavy atom. The molecule has 1 N–H and O–H groups in total. The summed E-state index contributed by atoms with van der Waals surface area (Å²) in [6.07, 6.45) is 12.6. The first kappa shape index (κ1) is 22.8. The molecule has 1 aliphatic heterocycles. The lowest BCUT2D eigenvalue weighted by Gasteiger charge is -2.29. The molecule has 1 amide bonds. The van der Waals surface area contributed by atoms with Crippen molar-refractivity contribution in [3.8, 4) is 0 Å². The minimum Gasteiger partial charge on any atom is -0.337 e. The molecule has 6 rings (SSSR count). The molecule has 0 spiro atoms. The van der Waals surface area contributed by atoms with Gasteiger partial charge in [0.1, 0.15) is 11.5 Å². The number of carbonyl (C=O) groups excluding carboxylic acids is 1. The Balaban J connectivity index is 1.28. The van der Waals surface area contributed by atoms with Gasteiger partial charge in [0.15, 0.2) is 0 Å². The topological polar surface area (TPSA) is 92.1 Å². The fourth-order valence-electron chi connectivity index (χ4n) is 5.62.